The average Bonchev–Trinajstić information content (AvgIpc) is 2.87. The molecule has 0 aliphatic rings. The van der Waals surface area contributed by atoms with Crippen LogP contribution in [0.2, 0.25) is 0 Å². The van der Waals surface area contributed by atoms with Crippen LogP contribution in [-0.2, 0) is 22.6 Å². The second-order valence-corrected chi connectivity index (χ2v) is 9.79. The molecule has 0 spiro atoms. The summed E-state index contributed by atoms with van der Waals surface area (Å²) in [5, 5.41) is 3.03. The summed E-state index contributed by atoms with van der Waals surface area (Å²) in [6.07, 6.45) is 1.12. The van der Waals surface area contributed by atoms with E-state index in [0.717, 1.165) is 22.4 Å². The van der Waals surface area contributed by atoms with Gasteiger partial charge < -0.3 is 10.2 Å². The number of rotatable bonds is 11. The second kappa shape index (κ2) is 13.1. The van der Waals surface area contributed by atoms with Crippen LogP contribution in [0, 0.1) is 12.7 Å². The second-order valence-electron chi connectivity index (χ2n) is 8.74. The Kier molecular flexibility index (Phi) is 9.91. The van der Waals surface area contributed by atoms with Crippen LogP contribution in [0.4, 0.5) is 4.39 Å². The van der Waals surface area contributed by atoms with Crippen LogP contribution in [-0.4, -0.2) is 34.6 Å². The monoisotopic (exact) mass is 492 g/mol. The molecule has 2 amide bonds. The van der Waals surface area contributed by atoms with Gasteiger partial charge in [-0.05, 0) is 44.0 Å². The number of aryl methyl sites for hydroxylation is 1. The molecule has 0 fully saturated rings. The summed E-state index contributed by atoms with van der Waals surface area (Å²) >= 11 is 1.42. The Morgan fingerprint density at radius 1 is 0.971 bits per heavy atom. The maximum atomic E-state index is 14.6. The molecular weight excluding hydrogens is 459 g/mol. The van der Waals surface area contributed by atoms with Crippen LogP contribution in [0.1, 0.15) is 37.0 Å². The SMILES string of the molecule is CCC(C)NC(=O)C(Cc1ccccc1)N(Cc1ccccc1F)C(=O)CSc1ccc(C)cc1. The molecular formula is C29H33FN2O2S. The predicted molar refractivity (Wildman–Crippen MR) is 141 cm³/mol. The van der Waals surface area contributed by atoms with E-state index in [-0.39, 0.29) is 30.2 Å². The summed E-state index contributed by atoms with van der Waals surface area (Å²) in [5.74, 6) is -0.677. The molecule has 1 N–H and O–H groups in total. The minimum Gasteiger partial charge on any atom is -0.352 e. The number of amides is 2. The fraction of sp³-hybridized carbons (Fsp3) is 0.310. The highest BCUT2D eigenvalue weighted by Gasteiger charge is 2.31. The third-order valence-electron chi connectivity index (χ3n) is 5.95. The van der Waals surface area contributed by atoms with Crippen LogP contribution in [0.5, 0.6) is 0 Å². The van der Waals surface area contributed by atoms with Crippen molar-refractivity contribution in [1.29, 1.82) is 0 Å². The maximum Gasteiger partial charge on any atom is 0.243 e. The van der Waals surface area contributed by atoms with E-state index in [1.165, 1.54) is 22.7 Å². The molecule has 0 aliphatic carbocycles. The summed E-state index contributed by atoms with van der Waals surface area (Å²) < 4.78 is 14.6. The zero-order valence-electron chi connectivity index (χ0n) is 20.5. The molecule has 0 saturated carbocycles. The largest absolute Gasteiger partial charge is 0.352 e. The van der Waals surface area contributed by atoms with Crippen molar-refractivity contribution >= 4 is 23.6 Å². The normalized spacial score (nSPS) is 12.6. The Bertz CT molecular complexity index is 1110. The van der Waals surface area contributed by atoms with Crippen molar-refractivity contribution in [2.45, 2.75) is 57.1 Å². The molecule has 4 nitrogen and oxygen atoms in total. The number of nitrogens with zero attached hydrogens (tertiary/aromatic N) is 1. The lowest BCUT2D eigenvalue weighted by atomic mass is 10.0. The van der Waals surface area contributed by atoms with Gasteiger partial charge in [0.2, 0.25) is 11.8 Å². The van der Waals surface area contributed by atoms with E-state index in [9.17, 15) is 14.0 Å². The molecule has 2 unspecified atom stereocenters. The standard InChI is InChI=1S/C29H33FN2O2S/c1-4-22(3)31-29(34)27(18-23-10-6-5-7-11-23)32(19-24-12-8-9-13-26(24)30)28(33)20-35-25-16-14-21(2)15-17-25/h5-17,22,27H,4,18-20H2,1-3H3,(H,31,34). The molecule has 35 heavy (non-hydrogen) atoms. The molecule has 0 saturated heterocycles. The first-order chi connectivity index (χ1) is 16.9. The lowest BCUT2D eigenvalue weighted by molar-refractivity contribution is -0.139. The van der Waals surface area contributed by atoms with Crippen LogP contribution < -0.4 is 5.32 Å². The van der Waals surface area contributed by atoms with Gasteiger partial charge in [0.05, 0.1) is 5.75 Å². The van der Waals surface area contributed by atoms with E-state index in [4.69, 9.17) is 0 Å². The lowest BCUT2D eigenvalue weighted by Gasteiger charge is -2.32. The van der Waals surface area contributed by atoms with Crippen molar-refractivity contribution in [2.24, 2.45) is 0 Å². The van der Waals surface area contributed by atoms with Crippen molar-refractivity contribution in [2.75, 3.05) is 5.75 Å². The van der Waals surface area contributed by atoms with Gasteiger partial charge in [0.15, 0.2) is 0 Å². The molecule has 3 aromatic rings. The van der Waals surface area contributed by atoms with Gasteiger partial charge in [0.25, 0.3) is 0 Å². The minimum atomic E-state index is -0.767. The van der Waals surface area contributed by atoms with Gasteiger partial charge in [-0.3, -0.25) is 9.59 Å². The van der Waals surface area contributed by atoms with Crippen molar-refractivity contribution < 1.29 is 14.0 Å². The number of nitrogens with one attached hydrogen (secondary N) is 1. The topological polar surface area (TPSA) is 49.4 Å². The fourth-order valence-corrected chi connectivity index (χ4v) is 4.45. The smallest absolute Gasteiger partial charge is 0.243 e. The van der Waals surface area contributed by atoms with E-state index in [1.807, 2.05) is 75.4 Å². The number of carbonyl (C=O) groups is 2. The molecule has 0 aliphatic heterocycles. The number of halogens is 1. The van der Waals surface area contributed by atoms with E-state index >= 15 is 0 Å². The fourth-order valence-electron chi connectivity index (χ4n) is 3.67. The number of carbonyl (C=O) groups excluding carboxylic acids is 2. The molecule has 3 rings (SSSR count). The van der Waals surface area contributed by atoms with Gasteiger partial charge in [0, 0.05) is 29.5 Å². The number of hydrogen-bond donors (Lipinski definition) is 1. The zero-order valence-corrected chi connectivity index (χ0v) is 21.4. The Labute approximate surface area is 211 Å². The van der Waals surface area contributed by atoms with Gasteiger partial charge in [0.1, 0.15) is 11.9 Å². The summed E-state index contributed by atoms with van der Waals surface area (Å²) in [5.41, 5.74) is 2.47. The summed E-state index contributed by atoms with van der Waals surface area (Å²) in [6.45, 7) is 5.97. The Balaban J connectivity index is 1.91. The average molecular weight is 493 g/mol. The van der Waals surface area contributed by atoms with E-state index in [0.29, 0.717) is 12.0 Å². The molecule has 0 heterocycles. The third kappa shape index (κ3) is 7.96. The summed E-state index contributed by atoms with van der Waals surface area (Å²) in [4.78, 5) is 29.5. The van der Waals surface area contributed by atoms with Gasteiger partial charge in [-0.2, -0.15) is 0 Å². The first-order valence-corrected chi connectivity index (χ1v) is 12.9. The van der Waals surface area contributed by atoms with E-state index in [1.54, 1.807) is 18.2 Å². The van der Waals surface area contributed by atoms with Crippen LogP contribution in [0.25, 0.3) is 0 Å². The molecule has 0 bridgehead atoms. The van der Waals surface area contributed by atoms with Crippen LogP contribution in [0.3, 0.4) is 0 Å². The Morgan fingerprint density at radius 2 is 1.63 bits per heavy atom. The number of hydrogen-bond acceptors (Lipinski definition) is 3. The maximum absolute atomic E-state index is 14.6. The molecule has 0 aromatic heterocycles. The van der Waals surface area contributed by atoms with Crippen molar-refractivity contribution in [3.05, 3.63) is 101 Å². The molecule has 6 heteroatoms. The lowest BCUT2D eigenvalue weighted by Crippen LogP contribution is -2.52. The Hall–Kier alpha value is -3.12. The van der Waals surface area contributed by atoms with E-state index < -0.39 is 11.9 Å². The molecule has 0 radical (unpaired) electrons. The predicted octanol–water partition coefficient (Wildman–Crippen LogP) is 5.78. The van der Waals surface area contributed by atoms with Crippen molar-refractivity contribution in [1.82, 2.24) is 10.2 Å². The van der Waals surface area contributed by atoms with Gasteiger partial charge >= 0.3 is 0 Å². The molecule has 2 atom stereocenters. The highest BCUT2D eigenvalue weighted by Crippen LogP contribution is 2.22. The third-order valence-corrected chi connectivity index (χ3v) is 6.95. The first kappa shape index (κ1) is 26.5. The molecule has 184 valence electrons. The summed E-state index contributed by atoms with van der Waals surface area (Å²) in [7, 11) is 0. The summed E-state index contributed by atoms with van der Waals surface area (Å²) in [6, 6.07) is 23.2. The number of thioether (sulfide) groups is 1. The highest BCUT2D eigenvalue weighted by atomic mass is 32.2. The Morgan fingerprint density at radius 3 is 2.29 bits per heavy atom. The zero-order chi connectivity index (χ0) is 25.2. The highest BCUT2D eigenvalue weighted by molar-refractivity contribution is 8.00. The van der Waals surface area contributed by atoms with Gasteiger partial charge in [-0.25, -0.2) is 4.39 Å². The molecule has 3 aromatic carbocycles. The minimum absolute atomic E-state index is 0.0192. The quantitative estimate of drug-likeness (QED) is 0.345. The number of benzene rings is 3. The van der Waals surface area contributed by atoms with Crippen molar-refractivity contribution in [3.8, 4) is 0 Å². The van der Waals surface area contributed by atoms with Gasteiger partial charge in [-0.1, -0.05) is 73.2 Å². The first-order valence-electron chi connectivity index (χ1n) is 11.9. The van der Waals surface area contributed by atoms with E-state index in [2.05, 4.69) is 5.32 Å². The van der Waals surface area contributed by atoms with Crippen LogP contribution >= 0.6 is 11.8 Å². The van der Waals surface area contributed by atoms with Crippen LogP contribution in [0.15, 0.2) is 83.8 Å². The van der Waals surface area contributed by atoms with Gasteiger partial charge in [-0.15, -0.1) is 11.8 Å². The van der Waals surface area contributed by atoms with Crippen molar-refractivity contribution in [3.63, 3.8) is 0 Å².